The van der Waals surface area contributed by atoms with Crippen LogP contribution in [0.15, 0.2) is 30.3 Å². The molecule has 2 atom stereocenters. The molecule has 0 bridgehead atoms. The number of thiazole rings is 1. The third-order valence-electron chi connectivity index (χ3n) is 5.53. The van der Waals surface area contributed by atoms with E-state index in [4.69, 9.17) is 0 Å². The normalized spacial score (nSPS) is 19.3. The summed E-state index contributed by atoms with van der Waals surface area (Å²) in [5.74, 6) is 0.744. The minimum atomic E-state index is 0.465. The van der Waals surface area contributed by atoms with Gasteiger partial charge in [-0.3, -0.25) is 9.88 Å². The first kappa shape index (κ1) is 17.6. The van der Waals surface area contributed by atoms with E-state index in [1.165, 1.54) is 41.8 Å². The molecular weight excluding hydrogens is 338 g/mol. The number of aromatic nitrogens is 2. The van der Waals surface area contributed by atoms with Gasteiger partial charge in [-0.15, -0.1) is 11.3 Å². The van der Waals surface area contributed by atoms with Crippen molar-refractivity contribution in [1.29, 1.82) is 0 Å². The molecule has 3 aromatic rings. The van der Waals surface area contributed by atoms with Crippen LogP contribution < -0.4 is 0 Å². The molecule has 3 heterocycles. The maximum absolute atomic E-state index is 4.58. The van der Waals surface area contributed by atoms with Crippen LogP contribution in [0.25, 0.3) is 10.2 Å². The molecule has 0 aliphatic carbocycles. The second kappa shape index (κ2) is 7.09. The van der Waals surface area contributed by atoms with Gasteiger partial charge in [0.25, 0.3) is 0 Å². The highest BCUT2D eigenvalue weighted by molar-refractivity contribution is 7.18. The molecule has 1 fully saturated rings. The molecular formula is C22H27N3S. The zero-order valence-electron chi connectivity index (χ0n) is 16.1. The molecule has 0 saturated carbocycles. The fraction of sp³-hybridized carbons (Fsp3) is 0.455. The van der Waals surface area contributed by atoms with E-state index in [1.54, 1.807) is 11.3 Å². The Balaban J connectivity index is 1.45. The van der Waals surface area contributed by atoms with E-state index in [0.717, 1.165) is 27.8 Å². The van der Waals surface area contributed by atoms with Gasteiger partial charge in [0.1, 0.15) is 0 Å². The molecule has 1 unspecified atom stereocenters. The fourth-order valence-electron chi connectivity index (χ4n) is 4.28. The lowest BCUT2D eigenvalue weighted by atomic mass is 9.98. The molecule has 1 aliphatic heterocycles. The van der Waals surface area contributed by atoms with Crippen LogP contribution >= 0.6 is 11.3 Å². The van der Waals surface area contributed by atoms with Gasteiger partial charge < -0.3 is 0 Å². The second-order valence-corrected chi connectivity index (χ2v) is 8.98. The number of aryl methyl sites for hydroxylation is 3. The summed E-state index contributed by atoms with van der Waals surface area (Å²) >= 11 is 1.80. The van der Waals surface area contributed by atoms with Crippen molar-refractivity contribution in [1.82, 2.24) is 14.9 Å². The molecule has 0 radical (unpaired) electrons. The average molecular weight is 366 g/mol. The van der Waals surface area contributed by atoms with Crippen molar-refractivity contribution in [2.45, 2.75) is 46.6 Å². The molecule has 0 spiro atoms. The van der Waals surface area contributed by atoms with E-state index in [1.807, 2.05) is 0 Å². The Morgan fingerprint density at radius 3 is 2.65 bits per heavy atom. The number of hydrogen-bond donors (Lipinski definition) is 0. The smallest absolute Gasteiger partial charge is 0.0907 e. The molecule has 1 aromatic carbocycles. The molecule has 0 N–H and O–H groups in total. The van der Waals surface area contributed by atoms with Gasteiger partial charge in [-0.2, -0.15) is 0 Å². The Morgan fingerprint density at radius 1 is 1.12 bits per heavy atom. The van der Waals surface area contributed by atoms with Gasteiger partial charge >= 0.3 is 0 Å². The van der Waals surface area contributed by atoms with Crippen LogP contribution in [0.2, 0.25) is 0 Å². The monoisotopic (exact) mass is 365 g/mol. The Labute approximate surface area is 160 Å². The summed E-state index contributed by atoms with van der Waals surface area (Å²) in [6.45, 7) is 11.0. The van der Waals surface area contributed by atoms with Gasteiger partial charge in [-0.05, 0) is 88.4 Å². The van der Waals surface area contributed by atoms with Crippen LogP contribution in [0.4, 0.5) is 0 Å². The number of pyridine rings is 1. The van der Waals surface area contributed by atoms with Crippen molar-refractivity contribution in [2.24, 2.45) is 5.92 Å². The van der Waals surface area contributed by atoms with E-state index in [-0.39, 0.29) is 0 Å². The molecule has 3 nitrogen and oxygen atoms in total. The number of rotatable bonds is 4. The summed E-state index contributed by atoms with van der Waals surface area (Å²) in [5, 5.41) is 1.15. The van der Waals surface area contributed by atoms with Gasteiger partial charge in [0.2, 0.25) is 0 Å². The van der Waals surface area contributed by atoms with E-state index in [9.17, 15) is 0 Å². The zero-order chi connectivity index (χ0) is 18.3. The number of nitrogens with zero attached hydrogens (tertiary/aromatic N) is 3. The van der Waals surface area contributed by atoms with Crippen LogP contribution in [-0.2, 0) is 6.42 Å². The van der Waals surface area contributed by atoms with Gasteiger partial charge in [0.05, 0.1) is 15.2 Å². The highest BCUT2D eigenvalue weighted by atomic mass is 32.1. The Bertz CT molecular complexity index is 910. The maximum atomic E-state index is 4.58. The summed E-state index contributed by atoms with van der Waals surface area (Å²) in [6.07, 6.45) is 2.45. The predicted octanol–water partition coefficient (Wildman–Crippen LogP) is 5.24. The third-order valence-corrected chi connectivity index (χ3v) is 6.47. The van der Waals surface area contributed by atoms with Gasteiger partial charge in [-0.1, -0.05) is 6.07 Å². The van der Waals surface area contributed by atoms with E-state index < -0.39 is 0 Å². The molecule has 4 rings (SSSR count). The van der Waals surface area contributed by atoms with Crippen molar-refractivity contribution in [3.05, 3.63) is 57.9 Å². The average Bonchev–Trinajstić information content (AvgIpc) is 3.17. The van der Waals surface area contributed by atoms with E-state index in [0.29, 0.717) is 6.04 Å². The third kappa shape index (κ3) is 3.67. The van der Waals surface area contributed by atoms with E-state index >= 15 is 0 Å². The molecule has 136 valence electrons. The number of hydrogen-bond acceptors (Lipinski definition) is 4. The van der Waals surface area contributed by atoms with Gasteiger partial charge in [0.15, 0.2) is 0 Å². The molecule has 1 aliphatic rings. The summed E-state index contributed by atoms with van der Waals surface area (Å²) in [5.41, 5.74) is 6.26. The first-order chi connectivity index (χ1) is 12.5. The summed E-state index contributed by atoms with van der Waals surface area (Å²) in [7, 11) is 0. The van der Waals surface area contributed by atoms with Gasteiger partial charge in [0, 0.05) is 24.0 Å². The maximum Gasteiger partial charge on any atom is 0.0907 e. The van der Waals surface area contributed by atoms with Crippen LogP contribution in [-0.4, -0.2) is 28.0 Å². The quantitative estimate of drug-likeness (QED) is 0.633. The minimum absolute atomic E-state index is 0.465. The number of fused-ring (bicyclic) bond motifs is 1. The predicted molar refractivity (Wildman–Crippen MR) is 110 cm³/mol. The zero-order valence-corrected chi connectivity index (χ0v) is 16.9. The molecule has 0 amide bonds. The van der Waals surface area contributed by atoms with E-state index in [2.05, 4.69) is 72.9 Å². The number of likely N-dealkylation sites (tertiary alicyclic amines) is 1. The highest BCUT2D eigenvalue weighted by Crippen LogP contribution is 2.32. The SMILES string of the molecule is Cc1cc(C[C@H]2CCN(C(C)c3ccc4nc(C)sc4c3)C2)cc(C)n1. The standard InChI is InChI=1S/C22H27N3S/c1-14-9-19(10-15(2)23-14)11-18-7-8-25(13-18)16(3)20-5-6-21-22(12-20)26-17(4)24-21/h5-6,9-10,12,16,18H,7-8,11,13H2,1-4H3/t16?,18-/m1/s1. The van der Waals surface area contributed by atoms with Crippen molar-refractivity contribution in [3.63, 3.8) is 0 Å². The first-order valence-corrected chi connectivity index (χ1v) is 10.3. The minimum Gasteiger partial charge on any atom is -0.296 e. The van der Waals surface area contributed by atoms with Crippen molar-refractivity contribution >= 4 is 21.6 Å². The van der Waals surface area contributed by atoms with Crippen LogP contribution in [0.3, 0.4) is 0 Å². The first-order valence-electron chi connectivity index (χ1n) is 9.53. The molecule has 4 heteroatoms. The van der Waals surface area contributed by atoms with Gasteiger partial charge in [-0.25, -0.2) is 4.98 Å². The van der Waals surface area contributed by atoms with Crippen LogP contribution in [0.5, 0.6) is 0 Å². The fourth-order valence-corrected chi connectivity index (χ4v) is 5.16. The summed E-state index contributed by atoms with van der Waals surface area (Å²) in [6, 6.07) is 11.7. The lowest BCUT2D eigenvalue weighted by Crippen LogP contribution is -2.24. The number of benzene rings is 1. The van der Waals surface area contributed by atoms with Crippen LogP contribution in [0.1, 0.15) is 46.9 Å². The molecule has 26 heavy (non-hydrogen) atoms. The van der Waals surface area contributed by atoms with Crippen molar-refractivity contribution < 1.29 is 0 Å². The topological polar surface area (TPSA) is 29.0 Å². The lowest BCUT2D eigenvalue weighted by Gasteiger charge is -2.25. The van der Waals surface area contributed by atoms with Crippen molar-refractivity contribution in [2.75, 3.05) is 13.1 Å². The second-order valence-electron chi connectivity index (χ2n) is 7.75. The summed E-state index contributed by atoms with van der Waals surface area (Å²) < 4.78 is 1.31. The van der Waals surface area contributed by atoms with Crippen LogP contribution in [0, 0.1) is 26.7 Å². The Morgan fingerprint density at radius 2 is 1.88 bits per heavy atom. The molecule has 1 saturated heterocycles. The summed E-state index contributed by atoms with van der Waals surface area (Å²) in [4.78, 5) is 11.7. The largest absolute Gasteiger partial charge is 0.296 e. The highest BCUT2D eigenvalue weighted by Gasteiger charge is 2.27. The molecule has 2 aromatic heterocycles. The Kier molecular flexibility index (Phi) is 4.80. The lowest BCUT2D eigenvalue weighted by molar-refractivity contribution is 0.252. The Hall–Kier alpha value is -1.78. The van der Waals surface area contributed by atoms with Crippen molar-refractivity contribution in [3.8, 4) is 0 Å².